The topological polar surface area (TPSA) is 87.4 Å². The van der Waals surface area contributed by atoms with Crippen LogP contribution in [-0.2, 0) is 12.1 Å². The Balaban J connectivity index is 0.00000300. The van der Waals surface area contributed by atoms with Crippen LogP contribution in [0.1, 0.15) is 25.0 Å². The highest BCUT2D eigenvalue weighted by Gasteiger charge is 2.22. The summed E-state index contributed by atoms with van der Waals surface area (Å²) in [5, 5.41) is 21.3. The molecule has 0 saturated heterocycles. The van der Waals surface area contributed by atoms with Crippen LogP contribution in [0.2, 0.25) is 0 Å². The van der Waals surface area contributed by atoms with Gasteiger partial charge in [-0.25, -0.2) is 14.7 Å². The minimum absolute atomic E-state index is 0. The molecule has 0 aliphatic carbocycles. The molecular weight excluding hydrogens is 479 g/mol. The van der Waals surface area contributed by atoms with Crippen molar-refractivity contribution < 1.29 is 5.11 Å². The Labute approximate surface area is 188 Å². The second-order valence-corrected chi connectivity index (χ2v) is 6.70. The first-order chi connectivity index (χ1) is 13.6. The Morgan fingerprint density at radius 2 is 1.83 bits per heavy atom. The fourth-order valence-electron chi connectivity index (χ4n) is 2.76. The Bertz CT molecular complexity index is 879. The molecule has 0 spiro atoms. The van der Waals surface area contributed by atoms with Crippen LogP contribution in [0.3, 0.4) is 0 Å². The van der Waals surface area contributed by atoms with Gasteiger partial charge < -0.3 is 15.7 Å². The normalized spacial score (nSPS) is 13.3. The Kier molecular flexibility index (Phi) is 8.59. The number of guanidine groups is 1. The highest BCUT2D eigenvalue weighted by Crippen LogP contribution is 2.18. The van der Waals surface area contributed by atoms with Crippen LogP contribution in [0.15, 0.2) is 72.2 Å². The van der Waals surface area contributed by atoms with Crippen molar-refractivity contribution >= 4 is 29.9 Å². The van der Waals surface area contributed by atoms with Crippen LogP contribution in [0.25, 0.3) is 5.69 Å². The van der Waals surface area contributed by atoms with Crippen LogP contribution in [0.5, 0.6) is 0 Å². The van der Waals surface area contributed by atoms with Gasteiger partial charge in [0.25, 0.3) is 0 Å². The van der Waals surface area contributed by atoms with Gasteiger partial charge in [-0.3, -0.25) is 0 Å². The molecule has 0 amide bonds. The molecule has 0 radical (unpaired) electrons. The highest BCUT2D eigenvalue weighted by molar-refractivity contribution is 14.0. The molecule has 0 aliphatic heterocycles. The van der Waals surface area contributed by atoms with Crippen molar-refractivity contribution in [1.29, 1.82) is 0 Å². The summed E-state index contributed by atoms with van der Waals surface area (Å²) in [6.07, 6.45) is 3.18. The molecule has 3 N–H and O–H groups in total. The number of nitrogens with zero attached hydrogens (tertiary/aromatic N) is 4. The molecule has 1 atom stereocenters. The van der Waals surface area contributed by atoms with Crippen molar-refractivity contribution in [2.24, 2.45) is 4.99 Å². The molecule has 0 bridgehead atoms. The van der Waals surface area contributed by atoms with Crippen LogP contribution < -0.4 is 10.6 Å². The van der Waals surface area contributed by atoms with E-state index in [2.05, 4.69) is 25.7 Å². The third-order valence-corrected chi connectivity index (χ3v) is 4.38. The smallest absolute Gasteiger partial charge is 0.191 e. The van der Waals surface area contributed by atoms with E-state index in [4.69, 9.17) is 0 Å². The lowest BCUT2D eigenvalue weighted by Crippen LogP contribution is -2.44. The molecule has 154 valence electrons. The van der Waals surface area contributed by atoms with Crippen LogP contribution >= 0.6 is 24.0 Å². The van der Waals surface area contributed by atoms with E-state index in [9.17, 15) is 5.11 Å². The first kappa shape index (κ1) is 22.8. The van der Waals surface area contributed by atoms with Gasteiger partial charge in [0.1, 0.15) is 18.3 Å². The second kappa shape index (κ2) is 10.9. The average Bonchev–Trinajstić information content (AvgIpc) is 3.26. The minimum atomic E-state index is -0.989. The van der Waals surface area contributed by atoms with E-state index in [1.54, 1.807) is 17.9 Å². The van der Waals surface area contributed by atoms with E-state index < -0.39 is 5.60 Å². The monoisotopic (exact) mass is 506 g/mol. The van der Waals surface area contributed by atoms with E-state index in [-0.39, 0.29) is 24.0 Å². The molecule has 0 saturated carbocycles. The molecular formula is C21H27IN6O. The maximum absolute atomic E-state index is 10.8. The molecule has 2 aromatic carbocycles. The number of halogens is 1. The molecule has 0 fully saturated rings. The zero-order valence-corrected chi connectivity index (χ0v) is 18.9. The van der Waals surface area contributed by atoms with Gasteiger partial charge in [0.15, 0.2) is 5.96 Å². The number of hydrogen-bond donors (Lipinski definition) is 3. The first-order valence-electron chi connectivity index (χ1n) is 9.32. The molecule has 8 heteroatoms. The zero-order chi connectivity index (χ0) is 19.8. The quantitative estimate of drug-likeness (QED) is 0.261. The molecule has 7 nitrogen and oxygen atoms in total. The Hall–Kier alpha value is -2.46. The lowest BCUT2D eigenvalue weighted by molar-refractivity contribution is 0.0617. The van der Waals surface area contributed by atoms with Crippen LogP contribution in [-0.4, -0.2) is 38.9 Å². The van der Waals surface area contributed by atoms with E-state index >= 15 is 0 Å². The lowest BCUT2D eigenvalue weighted by Gasteiger charge is -2.25. The summed E-state index contributed by atoms with van der Waals surface area (Å²) in [5.41, 5.74) is 1.91. The average molecular weight is 506 g/mol. The molecule has 0 aliphatic rings. The summed E-state index contributed by atoms with van der Waals surface area (Å²) in [5.74, 6) is 0.666. The summed E-state index contributed by atoms with van der Waals surface area (Å²) in [7, 11) is 0. The van der Waals surface area contributed by atoms with Crippen molar-refractivity contribution in [3.05, 3.63) is 78.4 Å². The summed E-state index contributed by atoms with van der Waals surface area (Å²) in [4.78, 5) is 8.58. The summed E-state index contributed by atoms with van der Waals surface area (Å²) < 4.78 is 1.71. The first-order valence-corrected chi connectivity index (χ1v) is 9.32. The van der Waals surface area contributed by atoms with Gasteiger partial charge >= 0.3 is 0 Å². The van der Waals surface area contributed by atoms with Crippen molar-refractivity contribution in [3.8, 4) is 5.69 Å². The molecule has 3 rings (SSSR count). The number of aliphatic imine (C=N–C) groups is 1. The largest absolute Gasteiger partial charge is 0.384 e. The second-order valence-electron chi connectivity index (χ2n) is 6.70. The molecule has 1 heterocycles. The number of hydrogen-bond acceptors (Lipinski definition) is 4. The van der Waals surface area contributed by atoms with Crippen LogP contribution in [0, 0.1) is 0 Å². The summed E-state index contributed by atoms with van der Waals surface area (Å²) in [6.45, 7) is 5.43. The Morgan fingerprint density at radius 1 is 1.10 bits per heavy atom. The van der Waals surface area contributed by atoms with Crippen molar-refractivity contribution in [1.82, 2.24) is 25.4 Å². The number of nitrogens with one attached hydrogen (secondary N) is 2. The zero-order valence-electron chi connectivity index (χ0n) is 16.6. The standard InChI is InChI=1S/C21H26N6O.HI/c1-3-23-20(25-14-21(2,28)18-7-5-4-6-8-18)24-13-17-9-11-19(12-10-17)27-16-22-15-26-27;/h4-12,15-16,28H,3,13-14H2,1-2H3,(H2,23,24,25);1H. The number of aliphatic hydroxyl groups is 1. The van der Waals surface area contributed by atoms with Crippen LogP contribution in [0.4, 0.5) is 0 Å². The Morgan fingerprint density at radius 3 is 2.45 bits per heavy atom. The minimum Gasteiger partial charge on any atom is -0.384 e. The van der Waals surface area contributed by atoms with Gasteiger partial charge in [0, 0.05) is 6.54 Å². The van der Waals surface area contributed by atoms with E-state index in [0.717, 1.165) is 23.4 Å². The third kappa shape index (κ3) is 6.53. The van der Waals surface area contributed by atoms with Crippen molar-refractivity contribution in [2.75, 3.05) is 13.1 Å². The fraction of sp³-hybridized carbons (Fsp3) is 0.286. The predicted octanol–water partition coefficient (Wildman–Crippen LogP) is 2.85. The van der Waals surface area contributed by atoms with E-state index in [1.165, 1.54) is 6.33 Å². The van der Waals surface area contributed by atoms with E-state index in [0.29, 0.717) is 19.0 Å². The van der Waals surface area contributed by atoms with Gasteiger partial charge in [-0.05, 0) is 37.1 Å². The van der Waals surface area contributed by atoms with Gasteiger partial charge in [-0.2, -0.15) is 5.10 Å². The van der Waals surface area contributed by atoms with Gasteiger partial charge in [0.05, 0.1) is 18.8 Å². The molecule has 29 heavy (non-hydrogen) atoms. The maximum atomic E-state index is 10.8. The molecule has 1 unspecified atom stereocenters. The van der Waals surface area contributed by atoms with Gasteiger partial charge in [-0.15, -0.1) is 24.0 Å². The highest BCUT2D eigenvalue weighted by atomic mass is 127. The predicted molar refractivity (Wildman–Crippen MR) is 126 cm³/mol. The van der Waals surface area contributed by atoms with Crippen molar-refractivity contribution in [3.63, 3.8) is 0 Å². The lowest BCUT2D eigenvalue weighted by atomic mass is 9.96. The SMILES string of the molecule is CCNC(=NCc1ccc(-n2cncn2)cc1)NCC(C)(O)c1ccccc1.I. The molecule has 3 aromatic rings. The third-order valence-electron chi connectivity index (χ3n) is 4.38. The number of benzene rings is 2. The summed E-state index contributed by atoms with van der Waals surface area (Å²) in [6, 6.07) is 17.6. The number of rotatable bonds is 7. The number of aromatic nitrogens is 3. The maximum Gasteiger partial charge on any atom is 0.191 e. The fourth-order valence-corrected chi connectivity index (χ4v) is 2.76. The summed E-state index contributed by atoms with van der Waals surface area (Å²) >= 11 is 0. The van der Waals surface area contributed by atoms with Gasteiger partial charge in [-0.1, -0.05) is 42.5 Å². The molecule has 1 aromatic heterocycles. The van der Waals surface area contributed by atoms with Gasteiger partial charge in [0.2, 0.25) is 0 Å². The van der Waals surface area contributed by atoms with E-state index in [1.807, 2.05) is 61.5 Å². The van der Waals surface area contributed by atoms with Crippen molar-refractivity contribution in [2.45, 2.75) is 26.0 Å².